The van der Waals surface area contributed by atoms with Gasteiger partial charge in [-0.05, 0) is 104 Å². The van der Waals surface area contributed by atoms with Gasteiger partial charge in [0.15, 0.2) is 0 Å². The van der Waals surface area contributed by atoms with Crippen LogP contribution in [0.5, 0.6) is 0 Å². The summed E-state index contributed by atoms with van der Waals surface area (Å²) in [5.41, 5.74) is 3.91. The van der Waals surface area contributed by atoms with Crippen molar-refractivity contribution >= 4 is 38.4 Å². The summed E-state index contributed by atoms with van der Waals surface area (Å²) >= 11 is 0. The zero-order chi connectivity index (χ0) is 31.7. The average Bonchev–Trinajstić information content (AvgIpc) is 3.44. The van der Waals surface area contributed by atoms with E-state index in [4.69, 9.17) is 19.8 Å². The Morgan fingerprint density at radius 3 is 0.953 bits per heavy atom. The molecule has 0 bridgehead atoms. The Morgan fingerprint density at radius 1 is 0.558 bits per heavy atom. The van der Waals surface area contributed by atoms with Gasteiger partial charge in [-0.2, -0.15) is 0 Å². The average molecular weight is 677 g/mol. The Hall–Kier alpha value is -2.19. The molecule has 0 aromatic heterocycles. The molecule has 2 saturated heterocycles. The third kappa shape index (κ3) is 16.5. The van der Waals surface area contributed by atoms with E-state index in [2.05, 4.69) is 52.0 Å². The van der Waals surface area contributed by atoms with Crippen LogP contribution in [0.4, 0.5) is 8.78 Å². The van der Waals surface area contributed by atoms with Crippen LogP contribution in [-0.2, 0) is 26.1 Å². The normalized spacial score (nSPS) is 20.7. The van der Waals surface area contributed by atoms with Gasteiger partial charge in [-0.3, -0.25) is 0 Å². The molecule has 4 atom stereocenters. The standard InChI is InChI=1S/C18H28P2.2C6H5F.2C2H4O2.Ni/c1-13-9-10-14(2)19(13)17-7-5-6-8-18(17)20-15(3)11-12-16(20)4;2*7-6-4-2-1-3-5-6;2*1-2(3)4;/h5-8,13-16H,9-12H2,1-4H3;2*1-5H;2*1H3,(H,3,4);/q;;;;;+2/t13-,14-,15-,16-;;;;;/m0...../s1. The van der Waals surface area contributed by atoms with Gasteiger partial charge in [0, 0.05) is 27.8 Å². The van der Waals surface area contributed by atoms with E-state index in [-0.39, 0.29) is 44.0 Å². The maximum atomic E-state index is 11.9. The van der Waals surface area contributed by atoms with Gasteiger partial charge in [0.1, 0.15) is 22.2 Å². The second-order valence-electron chi connectivity index (χ2n) is 10.8. The number of carboxylic acids is 2. The smallest absolute Gasteiger partial charge is 0.550 e. The molecule has 2 aliphatic heterocycles. The molecule has 0 spiro atoms. The van der Waals surface area contributed by atoms with Crippen LogP contribution in [0.25, 0.3) is 0 Å². The number of halogens is 2. The maximum Gasteiger partial charge on any atom is 2.00 e. The summed E-state index contributed by atoms with van der Waals surface area (Å²) in [6.07, 6.45) is 5.88. The van der Waals surface area contributed by atoms with Crippen LogP contribution in [0.15, 0.2) is 84.9 Å². The number of carbonyl (C=O) groups excluding carboxylic acids is 2. The zero-order valence-corrected chi connectivity index (χ0v) is 28.9. The SMILES string of the molecule is CC(=O)[O-].CC(=O)[O-].C[C@H]1CC[C@H](C)[PH+]1c1ccccc1[PH+]1[C@@H](C)CC[C@@H]1C.Fc1ccccc1.Fc1ccccc1.[Ni+2]. The molecule has 0 aliphatic carbocycles. The first-order valence-corrected chi connectivity index (χ1v) is 17.7. The quantitative estimate of drug-likeness (QED) is 0.259. The number of aliphatic carboxylic acids is 2. The van der Waals surface area contributed by atoms with Crippen molar-refractivity contribution in [3.63, 3.8) is 0 Å². The number of benzene rings is 3. The van der Waals surface area contributed by atoms with Gasteiger partial charge < -0.3 is 19.8 Å². The van der Waals surface area contributed by atoms with E-state index in [0.717, 1.165) is 36.5 Å². The van der Waals surface area contributed by atoms with E-state index in [0.29, 0.717) is 0 Å². The molecule has 238 valence electrons. The fourth-order valence-electron chi connectivity index (χ4n) is 5.47. The topological polar surface area (TPSA) is 80.3 Å². The van der Waals surface area contributed by atoms with E-state index in [1.165, 1.54) is 49.9 Å². The molecule has 43 heavy (non-hydrogen) atoms. The number of hydrogen-bond acceptors (Lipinski definition) is 4. The summed E-state index contributed by atoms with van der Waals surface area (Å²) in [7, 11) is -0.664. The monoisotopic (exact) mass is 676 g/mol. The van der Waals surface area contributed by atoms with Gasteiger partial charge in [0.25, 0.3) is 0 Å². The molecule has 2 heterocycles. The Morgan fingerprint density at radius 2 is 0.767 bits per heavy atom. The summed E-state index contributed by atoms with van der Waals surface area (Å²) in [5, 5.41) is 21.5. The fraction of sp³-hybridized carbons (Fsp3) is 0.412. The molecule has 2 fully saturated rings. The van der Waals surface area contributed by atoms with Crippen LogP contribution in [-0.4, -0.2) is 34.6 Å². The molecular weight excluding hydrogens is 631 g/mol. The van der Waals surface area contributed by atoms with Crippen molar-refractivity contribution in [2.75, 3.05) is 0 Å². The van der Waals surface area contributed by atoms with Crippen LogP contribution in [0.3, 0.4) is 0 Å². The van der Waals surface area contributed by atoms with Crippen LogP contribution in [0.2, 0.25) is 0 Å². The van der Waals surface area contributed by atoms with Crippen molar-refractivity contribution in [3.8, 4) is 0 Å². The first-order valence-electron chi connectivity index (χ1n) is 14.4. The van der Waals surface area contributed by atoms with Gasteiger partial charge in [-0.1, -0.05) is 48.5 Å². The summed E-state index contributed by atoms with van der Waals surface area (Å²) in [5.74, 6) is -2.52. The summed E-state index contributed by atoms with van der Waals surface area (Å²) < 4.78 is 23.8. The summed E-state index contributed by atoms with van der Waals surface area (Å²) in [6, 6.07) is 25.5. The Kier molecular flexibility index (Phi) is 21.2. The molecular formula is C34H46F2NiO4P2+2. The fourth-order valence-corrected chi connectivity index (χ4v) is 13.7. The Bertz CT molecular complexity index is 1070. The van der Waals surface area contributed by atoms with E-state index in [1.807, 2.05) is 10.6 Å². The molecule has 4 nitrogen and oxygen atoms in total. The van der Waals surface area contributed by atoms with Crippen LogP contribution < -0.4 is 20.8 Å². The number of hydrogen-bond donors (Lipinski definition) is 0. The summed E-state index contributed by atoms with van der Waals surface area (Å²) in [6.45, 7) is 12.0. The molecule has 5 rings (SSSR count). The second kappa shape index (κ2) is 22.3. The molecule has 0 amide bonds. The van der Waals surface area contributed by atoms with Crippen molar-refractivity contribution in [2.45, 2.75) is 89.9 Å². The third-order valence-electron chi connectivity index (χ3n) is 7.20. The molecule has 9 heteroatoms. The largest absolute Gasteiger partial charge is 2.00 e. The van der Waals surface area contributed by atoms with Crippen LogP contribution in [0.1, 0.15) is 67.2 Å². The first-order chi connectivity index (χ1) is 19.8. The predicted molar refractivity (Wildman–Crippen MR) is 173 cm³/mol. The van der Waals surface area contributed by atoms with E-state index in [9.17, 15) is 8.78 Å². The van der Waals surface area contributed by atoms with Gasteiger partial charge >= 0.3 is 16.5 Å². The zero-order valence-electron chi connectivity index (χ0n) is 25.9. The van der Waals surface area contributed by atoms with Crippen molar-refractivity contribution < 1.29 is 45.1 Å². The van der Waals surface area contributed by atoms with Gasteiger partial charge in [0.05, 0.1) is 22.6 Å². The molecule has 0 unspecified atom stereocenters. The van der Waals surface area contributed by atoms with E-state index >= 15 is 0 Å². The van der Waals surface area contributed by atoms with Gasteiger partial charge in [-0.15, -0.1) is 0 Å². The third-order valence-corrected chi connectivity index (χ3v) is 15.0. The first kappa shape index (κ1) is 40.8. The Labute approximate surface area is 269 Å². The summed E-state index contributed by atoms with van der Waals surface area (Å²) in [4.78, 5) is 17.8. The maximum absolute atomic E-state index is 11.9. The van der Waals surface area contributed by atoms with Crippen molar-refractivity contribution in [1.82, 2.24) is 0 Å². The van der Waals surface area contributed by atoms with E-state index in [1.54, 1.807) is 36.4 Å². The molecule has 0 N–H and O–H groups in total. The molecule has 0 saturated carbocycles. The van der Waals surface area contributed by atoms with E-state index < -0.39 is 11.9 Å². The van der Waals surface area contributed by atoms with Crippen LogP contribution >= 0.6 is 15.8 Å². The molecule has 0 radical (unpaired) electrons. The minimum atomic E-state index is -1.08. The van der Waals surface area contributed by atoms with Crippen molar-refractivity contribution in [1.29, 1.82) is 0 Å². The number of rotatable bonds is 2. The molecule has 2 aliphatic rings. The predicted octanol–water partition coefficient (Wildman–Crippen LogP) is 5.67. The van der Waals surface area contributed by atoms with Crippen molar-refractivity contribution in [3.05, 3.63) is 96.6 Å². The molecule has 3 aromatic rings. The number of carboxylic acid groups (broad SMARTS) is 2. The second-order valence-corrected chi connectivity index (χ2v) is 17.6. The molecule has 3 aromatic carbocycles. The minimum absolute atomic E-state index is 0. The van der Waals surface area contributed by atoms with Crippen LogP contribution in [0, 0.1) is 11.6 Å². The Balaban J connectivity index is 0.000000630. The number of carbonyl (C=O) groups is 2. The van der Waals surface area contributed by atoms with Crippen molar-refractivity contribution in [2.24, 2.45) is 0 Å². The minimum Gasteiger partial charge on any atom is -0.550 e. The van der Waals surface area contributed by atoms with Gasteiger partial charge in [-0.25, -0.2) is 8.78 Å². The van der Waals surface area contributed by atoms with Gasteiger partial charge in [0.2, 0.25) is 0 Å².